The maximum atomic E-state index is 12.7. The first kappa shape index (κ1) is 17.4. The van der Waals surface area contributed by atoms with Gasteiger partial charge in [-0.2, -0.15) is 9.57 Å². The molecule has 6 nitrogen and oxygen atoms in total. The monoisotopic (exact) mass is 335 g/mol. The fourth-order valence-corrected chi connectivity index (χ4v) is 4.14. The molecule has 0 aliphatic carbocycles. The Labute approximate surface area is 137 Å². The number of carbonyl (C=O) groups is 1. The Kier molecular flexibility index (Phi) is 5.39. The molecule has 0 saturated carbocycles. The molecule has 1 aliphatic heterocycles. The van der Waals surface area contributed by atoms with Gasteiger partial charge in [0.1, 0.15) is 6.07 Å². The van der Waals surface area contributed by atoms with Crippen molar-refractivity contribution in [2.45, 2.75) is 37.6 Å². The molecular formula is C16H21N3O3S. The van der Waals surface area contributed by atoms with E-state index in [4.69, 9.17) is 5.26 Å². The van der Waals surface area contributed by atoms with Crippen LogP contribution in [0, 0.1) is 17.2 Å². The van der Waals surface area contributed by atoms with Gasteiger partial charge < -0.3 is 5.32 Å². The van der Waals surface area contributed by atoms with E-state index in [2.05, 4.69) is 5.32 Å². The molecule has 7 heteroatoms. The predicted molar refractivity (Wildman–Crippen MR) is 85.9 cm³/mol. The Balaban J connectivity index is 2.07. The molecule has 1 aromatic carbocycles. The van der Waals surface area contributed by atoms with Crippen molar-refractivity contribution in [3.63, 3.8) is 0 Å². The Morgan fingerprint density at radius 1 is 1.30 bits per heavy atom. The normalized spacial score (nSPS) is 17.0. The molecule has 0 aromatic heterocycles. The topological polar surface area (TPSA) is 90.3 Å². The van der Waals surface area contributed by atoms with Crippen LogP contribution in [-0.4, -0.2) is 37.8 Å². The van der Waals surface area contributed by atoms with Crippen LogP contribution in [0.1, 0.15) is 32.3 Å². The number of benzene rings is 1. The van der Waals surface area contributed by atoms with E-state index < -0.39 is 10.0 Å². The zero-order chi connectivity index (χ0) is 17.0. The highest BCUT2D eigenvalue weighted by atomic mass is 32.2. The molecule has 1 fully saturated rings. The molecule has 124 valence electrons. The number of hydrogen-bond acceptors (Lipinski definition) is 4. The van der Waals surface area contributed by atoms with Gasteiger partial charge in [-0.3, -0.25) is 4.79 Å². The Hall–Kier alpha value is -1.91. The highest BCUT2D eigenvalue weighted by Crippen LogP contribution is 2.23. The van der Waals surface area contributed by atoms with Crippen LogP contribution >= 0.6 is 0 Å². The third kappa shape index (κ3) is 3.89. The van der Waals surface area contributed by atoms with Crippen molar-refractivity contribution in [3.8, 4) is 6.07 Å². The van der Waals surface area contributed by atoms with Crippen molar-refractivity contribution >= 4 is 15.9 Å². The minimum atomic E-state index is -3.67. The number of hydrogen-bond donors (Lipinski definition) is 1. The molecule has 1 saturated heterocycles. The van der Waals surface area contributed by atoms with Crippen molar-refractivity contribution in [1.82, 2.24) is 9.62 Å². The van der Waals surface area contributed by atoms with Gasteiger partial charge in [0.2, 0.25) is 15.9 Å². The molecule has 0 radical (unpaired) electrons. The van der Waals surface area contributed by atoms with Gasteiger partial charge in [0, 0.05) is 25.0 Å². The van der Waals surface area contributed by atoms with Gasteiger partial charge in [-0.05, 0) is 25.0 Å². The summed E-state index contributed by atoms with van der Waals surface area (Å²) in [6, 6.07) is 8.15. The first-order valence-electron chi connectivity index (χ1n) is 7.66. The molecule has 0 atom stereocenters. The van der Waals surface area contributed by atoms with Gasteiger partial charge in [0.15, 0.2) is 0 Å². The summed E-state index contributed by atoms with van der Waals surface area (Å²) >= 11 is 0. The molecule has 0 bridgehead atoms. The van der Waals surface area contributed by atoms with E-state index in [1.165, 1.54) is 16.4 Å². The third-order valence-electron chi connectivity index (χ3n) is 3.95. The molecule has 1 N–H and O–H groups in total. The fourth-order valence-electron chi connectivity index (χ4n) is 2.53. The van der Waals surface area contributed by atoms with Crippen molar-refractivity contribution < 1.29 is 13.2 Å². The standard InChI is InChI=1S/C16H21N3O3S/c1-12(2)16(20)18-14-7-9-19(10-8-14)23(21,22)15-6-4-3-5-13(15)11-17/h3-6,12,14H,7-10H2,1-2H3,(H,18,20). The Morgan fingerprint density at radius 3 is 2.48 bits per heavy atom. The van der Waals surface area contributed by atoms with Gasteiger partial charge >= 0.3 is 0 Å². The molecule has 1 aliphatic rings. The maximum absolute atomic E-state index is 12.7. The van der Waals surface area contributed by atoms with Crippen LogP contribution in [0.5, 0.6) is 0 Å². The second-order valence-corrected chi connectivity index (χ2v) is 7.86. The average molecular weight is 335 g/mol. The Morgan fingerprint density at radius 2 is 1.91 bits per heavy atom. The average Bonchev–Trinajstić information content (AvgIpc) is 2.55. The van der Waals surface area contributed by atoms with E-state index >= 15 is 0 Å². The SMILES string of the molecule is CC(C)C(=O)NC1CCN(S(=O)(=O)c2ccccc2C#N)CC1. The largest absolute Gasteiger partial charge is 0.353 e. The van der Waals surface area contributed by atoms with Gasteiger partial charge in [-0.25, -0.2) is 8.42 Å². The highest BCUT2D eigenvalue weighted by Gasteiger charge is 2.31. The summed E-state index contributed by atoms with van der Waals surface area (Å²) in [4.78, 5) is 11.8. The zero-order valence-corrected chi connectivity index (χ0v) is 14.1. The summed E-state index contributed by atoms with van der Waals surface area (Å²) in [7, 11) is -3.67. The van der Waals surface area contributed by atoms with E-state index in [9.17, 15) is 13.2 Å². The van der Waals surface area contributed by atoms with E-state index in [0.717, 1.165) is 0 Å². The van der Waals surface area contributed by atoms with E-state index in [-0.39, 0.29) is 28.3 Å². The number of rotatable bonds is 4. The van der Waals surface area contributed by atoms with Crippen molar-refractivity contribution in [1.29, 1.82) is 5.26 Å². The lowest BCUT2D eigenvalue weighted by atomic mass is 10.1. The predicted octanol–water partition coefficient (Wildman–Crippen LogP) is 1.48. The van der Waals surface area contributed by atoms with Gasteiger partial charge in [0.05, 0.1) is 10.5 Å². The van der Waals surface area contributed by atoms with Crippen LogP contribution in [0.4, 0.5) is 0 Å². The van der Waals surface area contributed by atoms with Crippen molar-refractivity contribution in [2.75, 3.05) is 13.1 Å². The lowest BCUT2D eigenvalue weighted by Gasteiger charge is -2.32. The van der Waals surface area contributed by atoms with E-state index in [1.807, 2.05) is 19.9 Å². The number of nitriles is 1. The van der Waals surface area contributed by atoms with Crippen LogP contribution in [-0.2, 0) is 14.8 Å². The fraction of sp³-hybridized carbons (Fsp3) is 0.500. The van der Waals surface area contributed by atoms with Crippen LogP contribution in [0.25, 0.3) is 0 Å². The summed E-state index contributed by atoms with van der Waals surface area (Å²) in [6.07, 6.45) is 1.15. The molecule has 2 rings (SSSR count). The number of nitrogens with one attached hydrogen (secondary N) is 1. The maximum Gasteiger partial charge on any atom is 0.244 e. The molecule has 0 spiro atoms. The molecule has 1 aromatic rings. The molecule has 0 unspecified atom stereocenters. The molecule has 1 amide bonds. The number of carbonyl (C=O) groups excluding carboxylic acids is 1. The van der Waals surface area contributed by atoms with Gasteiger partial charge in [-0.15, -0.1) is 0 Å². The number of amides is 1. The minimum Gasteiger partial charge on any atom is -0.353 e. The Bertz CT molecular complexity index is 714. The smallest absolute Gasteiger partial charge is 0.244 e. The number of piperidine rings is 1. The van der Waals surface area contributed by atoms with Crippen LogP contribution in [0.2, 0.25) is 0 Å². The highest BCUT2D eigenvalue weighted by molar-refractivity contribution is 7.89. The minimum absolute atomic E-state index is 0.00237. The summed E-state index contributed by atoms with van der Waals surface area (Å²) in [6.45, 7) is 4.33. The van der Waals surface area contributed by atoms with E-state index in [0.29, 0.717) is 25.9 Å². The van der Waals surface area contributed by atoms with Crippen LogP contribution in [0.3, 0.4) is 0 Å². The first-order chi connectivity index (χ1) is 10.9. The van der Waals surface area contributed by atoms with Crippen LogP contribution in [0.15, 0.2) is 29.2 Å². The van der Waals surface area contributed by atoms with Gasteiger partial charge in [0.25, 0.3) is 0 Å². The van der Waals surface area contributed by atoms with Crippen molar-refractivity contribution in [3.05, 3.63) is 29.8 Å². The lowest BCUT2D eigenvalue weighted by molar-refractivity contribution is -0.124. The third-order valence-corrected chi connectivity index (χ3v) is 5.91. The quantitative estimate of drug-likeness (QED) is 0.902. The molecule has 1 heterocycles. The van der Waals surface area contributed by atoms with E-state index in [1.54, 1.807) is 12.1 Å². The second kappa shape index (κ2) is 7.11. The summed E-state index contributed by atoms with van der Waals surface area (Å²) in [5, 5.41) is 12.0. The number of sulfonamides is 1. The lowest BCUT2D eigenvalue weighted by Crippen LogP contribution is -2.47. The second-order valence-electron chi connectivity index (χ2n) is 5.95. The van der Waals surface area contributed by atoms with Gasteiger partial charge in [-0.1, -0.05) is 26.0 Å². The molecular weight excluding hydrogens is 314 g/mol. The summed E-state index contributed by atoms with van der Waals surface area (Å²) in [5.74, 6) is -0.0969. The van der Waals surface area contributed by atoms with Crippen molar-refractivity contribution in [2.24, 2.45) is 5.92 Å². The summed E-state index contributed by atoms with van der Waals surface area (Å²) < 4.78 is 26.8. The first-order valence-corrected chi connectivity index (χ1v) is 9.10. The summed E-state index contributed by atoms with van der Waals surface area (Å²) in [5.41, 5.74) is 0.155. The molecule has 23 heavy (non-hydrogen) atoms. The zero-order valence-electron chi connectivity index (χ0n) is 13.3. The number of nitrogens with zero attached hydrogens (tertiary/aromatic N) is 2. The van der Waals surface area contributed by atoms with Crippen LogP contribution < -0.4 is 5.32 Å².